The lowest BCUT2D eigenvalue weighted by molar-refractivity contribution is 1.15. The fraction of sp³-hybridized carbons (Fsp3) is 0.0526. The largest absolute Gasteiger partial charge is 0.309 e. The van der Waals surface area contributed by atoms with Gasteiger partial charge in [-0.2, -0.15) is 0 Å². The molecule has 0 saturated heterocycles. The number of rotatable bonds is 5. The summed E-state index contributed by atoms with van der Waals surface area (Å²) in [5, 5.41) is 1.19. The normalized spacial score (nSPS) is 11.9. The minimum atomic E-state index is 0.998. The van der Waals surface area contributed by atoms with E-state index >= 15 is 0 Å². The molecule has 0 saturated carbocycles. The second kappa shape index (κ2) is 6.07. The monoisotopic (exact) mass is 261 g/mol. The first-order chi connectivity index (χ1) is 9.78. The smallest absolute Gasteiger partial charge is 0.0541 e. The molecule has 2 aromatic rings. The van der Waals surface area contributed by atoms with Gasteiger partial charge < -0.3 is 4.57 Å². The number of nitrogens with zero attached hydrogens (tertiary/aromatic N) is 1. The van der Waals surface area contributed by atoms with E-state index in [1.54, 1.807) is 6.08 Å². The standard InChI is InChI=1S/C19H19N/c1-5-11-15(7-3)20-18(12-6-2)16(8-4)17-13-9-10-14-19(17)20/h5-14H,1,3-4H2,2H3/b12-6-,15-11+. The van der Waals surface area contributed by atoms with Crippen LogP contribution < -0.4 is 0 Å². The van der Waals surface area contributed by atoms with Crippen LogP contribution in [0.1, 0.15) is 18.2 Å². The Hall–Kier alpha value is -2.54. The van der Waals surface area contributed by atoms with Crippen LogP contribution >= 0.6 is 0 Å². The molecule has 0 bridgehead atoms. The summed E-state index contributed by atoms with van der Waals surface area (Å²) >= 11 is 0. The molecule has 0 N–H and O–H groups in total. The van der Waals surface area contributed by atoms with Gasteiger partial charge in [0.05, 0.1) is 11.2 Å². The van der Waals surface area contributed by atoms with Crippen molar-refractivity contribution >= 4 is 28.8 Å². The van der Waals surface area contributed by atoms with E-state index in [2.05, 4.69) is 42.5 Å². The van der Waals surface area contributed by atoms with Crippen molar-refractivity contribution in [3.8, 4) is 0 Å². The number of hydrogen-bond donors (Lipinski definition) is 0. The van der Waals surface area contributed by atoms with Crippen LogP contribution in [-0.4, -0.2) is 4.57 Å². The van der Waals surface area contributed by atoms with Gasteiger partial charge in [0, 0.05) is 16.6 Å². The van der Waals surface area contributed by atoms with Crippen molar-refractivity contribution in [2.75, 3.05) is 0 Å². The molecule has 100 valence electrons. The lowest BCUT2D eigenvalue weighted by Crippen LogP contribution is -1.97. The van der Waals surface area contributed by atoms with E-state index in [1.165, 1.54) is 5.39 Å². The first-order valence-corrected chi connectivity index (χ1v) is 6.62. The molecule has 0 spiro atoms. The molecule has 20 heavy (non-hydrogen) atoms. The summed E-state index contributed by atoms with van der Waals surface area (Å²) in [4.78, 5) is 0. The van der Waals surface area contributed by atoms with Gasteiger partial charge in [0.2, 0.25) is 0 Å². The third kappa shape index (κ3) is 2.19. The zero-order valence-corrected chi connectivity index (χ0v) is 11.8. The Morgan fingerprint density at radius 2 is 1.90 bits per heavy atom. The van der Waals surface area contributed by atoms with Crippen molar-refractivity contribution in [1.82, 2.24) is 4.57 Å². The highest BCUT2D eigenvalue weighted by Crippen LogP contribution is 2.31. The minimum Gasteiger partial charge on any atom is -0.309 e. The summed E-state index contributed by atoms with van der Waals surface area (Å²) in [6.07, 6.45) is 11.6. The molecule has 2 rings (SSSR count). The second-order valence-electron chi connectivity index (χ2n) is 4.39. The van der Waals surface area contributed by atoms with Gasteiger partial charge in [0.15, 0.2) is 0 Å². The Balaban J connectivity index is 2.96. The van der Waals surface area contributed by atoms with Gasteiger partial charge in [0.1, 0.15) is 0 Å². The second-order valence-corrected chi connectivity index (χ2v) is 4.39. The van der Waals surface area contributed by atoms with E-state index in [0.29, 0.717) is 0 Å². The predicted octanol–water partition coefficient (Wildman–Crippen LogP) is 5.53. The molecule has 0 atom stereocenters. The van der Waals surface area contributed by atoms with Gasteiger partial charge in [-0.3, -0.25) is 0 Å². The predicted molar refractivity (Wildman–Crippen MR) is 91.4 cm³/mol. The van der Waals surface area contributed by atoms with E-state index in [-0.39, 0.29) is 0 Å². The van der Waals surface area contributed by atoms with Crippen LogP contribution in [0, 0.1) is 0 Å². The molecular weight excluding hydrogens is 242 g/mol. The molecule has 0 amide bonds. The Labute approximate surface area is 120 Å². The number of para-hydroxylation sites is 1. The highest BCUT2D eigenvalue weighted by Gasteiger charge is 2.13. The lowest BCUT2D eigenvalue weighted by Gasteiger charge is -2.09. The van der Waals surface area contributed by atoms with Crippen molar-refractivity contribution in [3.63, 3.8) is 0 Å². The average molecular weight is 261 g/mol. The van der Waals surface area contributed by atoms with E-state index in [9.17, 15) is 0 Å². The van der Waals surface area contributed by atoms with Crippen molar-refractivity contribution in [2.45, 2.75) is 6.92 Å². The summed E-state index contributed by atoms with van der Waals surface area (Å²) in [7, 11) is 0. The lowest BCUT2D eigenvalue weighted by atomic mass is 10.1. The molecule has 1 aromatic heterocycles. The SMILES string of the molecule is C=C/C=C(\C=C)n1c(/C=C\C)c(C=C)c2ccccc21. The molecular formula is C19H19N. The first-order valence-electron chi connectivity index (χ1n) is 6.62. The molecule has 1 heterocycles. The molecule has 0 aliphatic heterocycles. The van der Waals surface area contributed by atoms with Crippen LogP contribution in [0.5, 0.6) is 0 Å². The number of aromatic nitrogens is 1. The minimum absolute atomic E-state index is 0.998. The quantitative estimate of drug-likeness (QED) is 0.623. The molecule has 1 heteroatoms. The topological polar surface area (TPSA) is 4.93 Å². The van der Waals surface area contributed by atoms with Gasteiger partial charge in [-0.15, -0.1) is 0 Å². The van der Waals surface area contributed by atoms with Crippen molar-refractivity contribution < 1.29 is 0 Å². The van der Waals surface area contributed by atoms with E-state index in [4.69, 9.17) is 0 Å². The Kier molecular flexibility index (Phi) is 4.21. The van der Waals surface area contributed by atoms with Gasteiger partial charge in [0.25, 0.3) is 0 Å². The molecule has 0 aliphatic rings. The molecule has 1 nitrogen and oxygen atoms in total. The maximum absolute atomic E-state index is 3.96. The fourth-order valence-electron chi connectivity index (χ4n) is 2.45. The number of benzene rings is 1. The zero-order valence-electron chi connectivity index (χ0n) is 11.8. The number of fused-ring (bicyclic) bond motifs is 1. The van der Waals surface area contributed by atoms with Crippen molar-refractivity contribution in [1.29, 1.82) is 0 Å². The fourth-order valence-corrected chi connectivity index (χ4v) is 2.45. The number of allylic oxidation sites excluding steroid dienone is 5. The summed E-state index contributed by atoms with van der Waals surface area (Å²) in [6.45, 7) is 13.7. The Bertz CT molecular complexity index is 724. The van der Waals surface area contributed by atoms with Gasteiger partial charge in [-0.05, 0) is 31.2 Å². The van der Waals surface area contributed by atoms with Gasteiger partial charge in [-0.1, -0.05) is 56.2 Å². The first kappa shape index (κ1) is 13.9. The zero-order chi connectivity index (χ0) is 14.5. The van der Waals surface area contributed by atoms with Gasteiger partial charge in [-0.25, -0.2) is 0 Å². The maximum atomic E-state index is 3.96. The summed E-state index contributed by atoms with van der Waals surface area (Å²) < 4.78 is 2.18. The van der Waals surface area contributed by atoms with Gasteiger partial charge >= 0.3 is 0 Å². The maximum Gasteiger partial charge on any atom is 0.0541 e. The van der Waals surface area contributed by atoms with E-state index in [0.717, 1.165) is 22.5 Å². The van der Waals surface area contributed by atoms with Crippen molar-refractivity contribution in [2.24, 2.45) is 0 Å². The third-order valence-electron chi connectivity index (χ3n) is 3.24. The van der Waals surface area contributed by atoms with Crippen LogP contribution in [-0.2, 0) is 0 Å². The Morgan fingerprint density at radius 1 is 1.15 bits per heavy atom. The third-order valence-corrected chi connectivity index (χ3v) is 3.24. The molecule has 0 radical (unpaired) electrons. The molecule has 1 aromatic carbocycles. The van der Waals surface area contributed by atoms with E-state index in [1.807, 2.05) is 43.4 Å². The summed E-state index contributed by atoms with van der Waals surface area (Å²) in [5.41, 5.74) is 4.38. The van der Waals surface area contributed by atoms with Crippen LogP contribution in [0.4, 0.5) is 0 Å². The number of hydrogen-bond acceptors (Lipinski definition) is 0. The highest BCUT2D eigenvalue weighted by molar-refractivity contribution is 5.96. The Morgan fingerprint density at radius 3 is 2.50 bits per heavy atom. The van der Waals surface area contributed by atoms with E-state index < -0.39 is 0 Å². The van der Waals surface area contributed by atoms with Crippen LogP contribution in [0.15, 0.2) is 68.3 Å². The van der Waals surface area contributed by atoms with Crippen LogP contribution in [0.25, 0.3) is 28.8 Å². The van der Waals surface area contributed by atoms with Crippen LogP contribution in [0.2, 0.25) is 0 Å². The van der Waals surface area contributed by atoms with Crippen molar-refractivity contribution in [3.05, 3.63) is 79.6 Å². The molecule has 0 aliphatic carbocycles. The highest BCUT2D eigenvalue weighted by atomic mass is 15.0. The average Bonchev–Trinajstić information content (AvgIpc) is 2.78. The van der Waals surface area contributed by atoms with Crippen LogP contribution in [0.3, 0.4) is 0 Å². The molecule has 0 fully saturated rings. The summed E-state index contributed by atoms with van der Waals surface area (Å²) in [5.74, 6) is 0. The molecule has 0 unspecified atom stereocenters. The summed E-state index contributed by atoms with van der Waals surface area (Å²) in [6, 6.07) is 8.31.